The third kappa shape index (κ3) is 2.49. The quantitative estimate of drug-likeness (QED) is 0.830. The number of methoxy groups -OCH3 is 1. The van der Waals surface area contributed by atoms with E-state index in [1.54, 1.807) is 7.11 Å². The summed E-state index contributed by atoms with van der Waals surface area (Å²) in [5, 5.41) is 3.45. The number of nitrogen functional groups attached to an aromatic ring is 1. The summed E-state index contributed by atoms with van der Waals surface area (Å²) in [4.78, 5) is 8.30. The van der Waals surface area contributed by atoms with E-state index in [2.05, 4.69) is 22.2 Å². The lowest BCUT2D eigenvalue weighted by atomic mass is 10.1. The zero-order valence-corrected chi connectivity index (χ0v) is 10.4. The first kappa shape index (κ1) is 12.1. The van der Waals surface area contributed by atoms with E-state index in [4.69, 9.17) is 10.5 Å². The van der Waals surface area contributed by atoms with Gasteiger partial charge in [0.05, 0.1) is 12.1 Å². The number of nitrogens with two attached hydrogens (primary N) is 1. The highest BCUT2D eigenvalue weighted by Crippen LogP contribution is 2.26. The molecule has 1 aliphatic rings. The third-order valence-electron chi connectivity index (χ3n) is 3.41. The molecule has 0 spiro atoms. The van der Waals surface area contributed by atoms with Gasteiger partial charge in [0, 0.05) is 12.7 Å². The molecule has 2 unspecified atom stereocenters. The van der Waals surface area contributed by atoms with Gasteiger partial charge >= 0.3 is 0 Å². The zero-order valence-electron chi connectivity index (χ0n) is 10.4. The van der Waals surface area contributed by atoms with Crippen LogP contribution < -0.4 is 11.1 Å². The average Bonchev–Trinajstić information content (AvgIpc) is 2.77. The van der Waals surface area contributed by atoms with Gasteiger partial charge in [0.25, 0.3) is 0 Å². The minimum absolute atomic E-state index is 0.274. The van der Waals surface area contributed by atoms with Gasteiger partial charge in [0.2, 0.25) is 0 Å². The van der Waals surface area contributed by atoms with Crippen LogP contribution in [0.3, 0.4) is 0 Å². The summed E-state index contributed by atoms with van der Waals surface area (Å²) < 4.78 is 5.46. The van der Waals surface area contributed by atoms with E-state index < -0.39 is 0 Å². The molecule has 1 fully saturated rings. The first-order valence-electron chi connectivity index (χ1n) is 6.15. The SMILES string of the molecule is CCc1c(N)ncnc1NC1CCCC1OC. The molecule has 2 rings (SSSR count). The third-order valence-corrected chi connectivity index (χ3v) is 3.41. The van der Waals surface area contributed by atoms with Crippen molar-refractivity contribution in [2.45, 2.75) is 44.8 Å². The number of anilines is 2. The molecule has 2 atom stereocenters. The summed E-state index contributed by atoms with van der Waals surface area (Å²) in [5.41, 5.74) is 6.85. The molecule has 17 heavy (non-hydrogen) atoms. The van der Waals surface area contributed by atoms with Gasteiger partial charge in [0.1, 0.15) is 18.0 Å². The molecule has 1 saturated carbocycles. The Morgan fingerprint density at radius 3 is 3.00 bits per heavy atom. The van der Waals surface area contributed by atoms with Crippen molar-refractivity contribution in [3.8, 4) is 0 Å². The van der Waals surface area contributed by atoms with E-state index in [0.29, 0.717) is 11.9 Å². The Balaban J connectivity index is 2.15. The van der Waals surface area contributed by atoms with Gasteiger partial charge in [-0.15, -0.1) is 0 Å². The van der Waals surface area contributed by atoms with Crippen LogP contribution in [0.4, 0.5) is 11.6 Å². The summed E-state index contributed by atoms with van der Waals surface area (Å²) in [6.45, 7) is 2.06. The maximum atomic E-state index is 5.85. The first-order valence-corrected chi connectivity index (χ1v) is 6.15. The monoisotopic (exact) mass is 236 g/mol. The van der Waals surface area contributed by atoms with Gasteiger partial charge in [-0.2, -0.15) is 0 Å². The number of nitrogens with one attached hydrogen (secondary N) is 1. The number of hydrogen-bond donors (Lipinski definition) is 2. The van der Waals surface area contributed by atoms with Crippen LogP contribution in [0.1, 0.15) is 31.7 Å². The maximum Gasteiger partial charge on any atom is 0.135 e. The molecular formula is C12H20N4O. The van der Waals surface area contributed by atoms with Crippen LogP contribution in [0.15, 0.2) is 6.33 Å². The first-order chi connectivity index (χ1) is 8.26. The highest BCUT2D eigenvalue weighted by Gasteiger charge is 2.27. The van der Waals surface area contributed by atoms with Crippen LogP contribution in [0.2, 0.25) is 0 Å². The van der Waals surface area contributed by atoms with Gasteiger partial charge in [-0.25, -0.2) is 9.97 Å². The van der Waals surface area contributed by atoms with E-state index in [1.807, 2.05) is 0 Å². The second-order valence-electron chi connectivity index (χ2n) is 4.40. The van der Waals surface area contributed by atoms with Gasteiger partial charge in [-0.3, -0.25) is 0 Å². The number of nitrogens with zero attached hydrogens (tertiary/aromatic N) is 2. The fraction of sp³-hybridized carbons (Fsp3) is 0.667. The van der Waals surface area contributed by atoms with E-state index >= 15 is 0 Å². The van der Waals surface area contributed by atoms with Gasteiger partial charge < -0.3 is 15.8 Å². The molecule has 1 aromatic heterocycles. The van der Waals surface area contributed by atoms with Crippen molar-refractivity contribution in [3.05, 3.63) is 11.9 Å². The molecule has 0 saturated heterocycles. The second-order valence-corrected chi connectivity index (χ2v) is 4.40. The lowest BCUT2D eigenvalue weighted by molar-refractivity contribution is 0.101. The molecule has 1 heterocycles. The van der Waals surface area contributed by atoms with Crippen molar-refractivity contribution >= 4 is 11.6 Å². The number of hydrogen-bond acceptors (Lipinski definition) is 5. The largest absolute Gasteiger partial charge is 0.383 e. The minimum Gasteiger partial charge on any atom is -0.383 e. The lowest BCUT2D eigenvalue weighted by Gasteiger charge is -2.21. The summed E-state index contributed by atoms with van der Waals surface area (Å²) in [6.07, 6.45) is 6.03. The number of ether oxygens (including phenoxy) is 1. The van der Waals surface area contributed by atoms with E-state index in [9.17, 15) is 0 Å². The second kappa shape index (κ2) is 5.31. The Kier molecular flexibility index (Phi) is 3.78. The Bertz CT molecular complexity index is 383. The van der Waals surface area contributed by atoms with Crippen LogP contribution in [-0.4, -0.2) is 29.2 Å². The Hall–Kier alpha value is -1.36. The highest BCUT2D eigenvalue weighted by atomic mass is 16.5. The van der Waals surface area contributed by atoms with Crippen molar-refractivity contribution in [3.63, 3.8) is 0 Å². The van der Waals surface area contributed by atoms with Crippen molar-refractivity contribution in [2.75, 3.05) is 18.2 Å². The summed E-state index contributed by atoms with van der Waals surface area (Å²) in [7, 11) is 1.76. The van der Waals surface area contributed by atoms with Crippen molar-refractivity contribution < 1.29 is 4.74 Å². The maximum absolute atomic E-state index is 5.85. The molecule has 3 N–H and O–H groups in total. The number of rotatable bonds is 4. The van der Waals surface area contributed by atoms with Crippen LogP contribution in [0.5, 0.6) is 0 Å². The standard InChI is InChI=1S/C12H20N4O/c1-3-8-11(13)14-7-15-12(8)16-9-5-4-6-10(9)17-2/h7,9-10H,3-6H2,1-2H3,(H3,13,14,15,16). The molecule has 0 radical (unpaired) electrons. The molecule has 0 aliphatic heterocycles. The summed E-state index contributed by atoms with van der Waals surface area (Å²) in [5.74, 6) is 1.42. The van der Waals surface area contributed by atoms with Crippen LogP contribution in [0.25, 0.3) is 0 Å². The van der Waals surface area contributed by atoms with Crippen LogP contribution >= 0.6 is 0 Å². The molecule has 1 aliphatic carbocycles. The minimum atomic E-state index is 0.274. The van der Waals surface area contributed by atoms with Crippen LogP contribution in [0, 0.1) is 0 Å². The summed E-state index contributed by atoms with van der Waals surface area (Å²) >= 11 is 0. The average molecular weight is 236 g/mol. The molecule has 0 amide bonds. The highest BCUT2D eigenvalue weighted by molar-refractivity contribution is 5.55. The molecule has 0 bridgehead atoms. The lowest BCUT2D eigenvalue weighted by Crippen LogP contribution is -2.30. The predicted molar refractivity (Wildman–Crippen MR) is 67.9 cm³/mol. The van der Waals surface area contributed by atoms with E-state index in [0.717, 1.165) is 30.6 Å². The molecule has 5 heteroatoms. The fourth-order valence-corrected chi connectivity index (χ4v) is 2.45. The summed E-state index contributed by atoms with van der Waals surface area (Å²) in [6, 6.07) is 0.333. The smallest absolute Gasteiger partial charge is 0.135 e. The topological polar surface area (TPSA) is 73.1 Å². The van der Waals surface area contributed by atoms with E-state index in [-0.39, 0.29) is 6.10 Å². The number of aromatic nitrogens is 2. The molecule has 5 nitrogen and oxygen atoms in total. The van der Waals surface area contributed by atoms with Crippen molar-refractivity contribution in [1.29, 1.82) is 0 Å². The molecule has 94 valence electrons. The molecule has 1 aromatic rings. The molecular weight excluding hydrogens is 216 g/mol. The Morgan fingerprint density at radius 2 is 2.29 bits per heavy atom. The predicted octanol–water partition coefficient (Wildman–Crippen LogP) is 1.60. The van der Waals surface area contributed by atoms with Gasteiger partial charge in [0.15, 0.2) is 0 Å². The van der Waals surface area contributed by atoms with E-state index in [1.165, 1.54) is 12.7 Å². The Morgan fingerprint density at radius 1 is 1.47 bits per heavy atom. The van der Waals surface area contributed by atoms with Crippen molar-refractivity contribution in [1.82, 2.24) is 9.97 Å². The zero-order chi connectivity index (χ0) is 12.3. The van der Waals surface area contributed by atoms with Crippen LogP contribution in [-0.2, 0) is 11.2 Å². The van der Waals surface area contributed by atoms with Crippen molar-refractivity contribution in [2.24, 2.45) is 0 Å². The normalized spacial score (nSPS) is 23.9. The molecule has 0 aromatic carbocycles. The van der Waals surface area contributed by atoms with Gasteiger partial charge in [-0.05, 0) is 25.7 Å². The fourth-order valence-electron chi connectivity index (χ4n) is 2.45. The Labute approximate surface area is 102 Å². The van der Waals surface area contributed by atoms with Gasteiger partial charge in [-0.1, -0.05) is 6.92 Å².